The molecule has 0 aliphatic heterocycles. The maximum absolute atomic E-state index is 12.3. The van der Waals surface area contributed by atoms with Gasteiger partial charge in [-0.25, -0.2) is 0 Å². The predicted molar refractivity (Wildman–Crippen MR) is 100 cm³/mol. The van der Waals surface area contributed by atoms with Crippen LogP contribution in [0, 0.1) is 0 Å². The Balaban J connectivity index is 1.49. The van der Waals surface area contributed by atoms with Crippen molar-refractivity contribution in [2.24, 2.45) is 0 Å². The fraction of sp³-hybridized carbons (Fsp3) is 0.136. The molecule has 1 aliphatic carbocycles. The van der Waals surface area contributed by atoms with Gasteiger partial charge in [-0.3, -0.25) is 4.79 Å². The Kier molecular flexibility index (Phi) is 3.98. The van der Waals surface area contributed by atoms with Gasteiger partial charge in [-0.05, 0) is 58.5 Å². The molecule has 0 aromatic heterocycles. The van der Waals surface area contributed by atoms with E-state index in [1.54, 1.807) is 7.11 Å². The first-order chi connectivity index (χ1) is 12.2. The summed E-state index contributed by atoms with van der Waals surface area (Å²) in [5, 5.41) is 3.01. The van der Waals surface area contributed by atoms with Crippen molar-refractivity contribution in [2.45, 2.75) is 12.8 Å². The molecule has 0 saturated carbocycles. The quantitative estimate of drug-likeness (QED) is 0.601. The number of methoxy groups -OCH3 is 1. The van der Waals surface area contributed by atoms with Gasteiger partial charge in [0.2, 0.25) is 5.91 Å². The number of anilines is 1. The molecule has 3 heteroatoms. The standard InChI is InChI=1S/C22H19NO2/c1-25-19-10-6-15(7-11-19)12-22(24)23-18-9-8-17-13-16-4-2-3-5-20(16)21(17)14-18/h2-11,14H,12-13H2,1H3,(H,23,24). The summed E-state index contributed by atoms with van der Waals surface area (Å²) in [6.07, 6.45) is 1.31. The number of amides is 1. The van der Waals surface area contributed by atoms with Crippen LogP contribution < -0.4 is 10.1 Å². The summed E-state index contributed by atoms with van der Waals surface area (Å²) in [5.41, 5.74) is 6.95. The molecular formula is C22H19NO2. The zero-order valence-electron chi connectivity index (χ0n) is 14.1. The first-order valence-corrected chi connectivity index (χ1v) is 8.37. The summed E-state index contributed by atoms with van der Waals surface area (Å²) in [6, 6.07) is 22.2. The molecular weight excluding hydrogens is 310 g/mol. The summed E-state index contributed by atoms with van der Waals surface area (Å²) in [4.78, 5) is 12.3. The van der Waals surface area contributed by atoms with Crippen molar-refractivity contribution in [1.82, 2.24) is 0 Å². The second-order valence-corrected chi connectivity index (χ2v) is 6.28. The lowest BCUT2D eigenvalue weighted by Crippen LogP contribution is -2.14. The van der Waals surface area contributed by atoms with Gasteiger partial charge in [-0.1, -0.05) is 42.5 Å². The Morgan fingerprint density at radius 1 is 0.960 bits per heavy atom. The maximum atomic E-state index is 12.3. The van der Waals surface area contributed by atoms with E-state index in [-0.39, 0.29) is 5.91 Å². The lowest BCUT2D eigenvalue weighted by atomic mass is 10.1. The van der Waals surface area contributed by atoms with Gasteiger partial charge in [0, 0.05) is 5.69 Å². The molecule has 1 aliphatic rings. The number of carbonyl (C=O) groups is 1. The molecule has 3 aromatic rings. The molecule has 0 heterocycles. The Hall–Kier alpha value is -3.07. The van der Waals surface area contributed by atoms with Crippen LogP contribution in [-0.2, 0) is 17.6 Å². The number of hydrogen-bond acceptors (Lipinski definition) is 2. The van der Waals surface area contributed by atoms with Gasteiger partial charge < -0.3 is 10.1 Å². The first kappa shape index (κ1) is 15.5. The fourth-order valence-corrected chi connectivity index (χ4v) is 3.34. The van der Waals surface area contributed by atoms with Crippen molar-refractivity contribution >= 4 is 11.6 Å². The minimum absolute atomic E-state index is 0.0172. The molecule has 0 saturated heterocycles. The van der Waals surface area contributed by atoms with Gasteiger partial charge in [0.1, 0.15) is 5.75 Å². The van der Waals surface area contributed by atoms with E-state index in [2.05, 4.69) is 41.7 Å². The highest BCUT2D eigenvalue weighted by Crippen LogP contribution is 2.37. The third-order valence-electron chi connectivity index (χ3n) is 4.61. The summed E-state index contributed by atoms with van der Waals surface area (Å²) >= 11 is 0. The van der Waals surface area contributed by atoms with Crippen molar-refractivity contribution < 1.29 is 9.53 Å². The SMILES string of the molecule is COc1ccc(CC(=O)Nc2ccc3c(c2)-c2ccccc2C3)cc1. The van der Waals surface area contributed by atoms with E-state index in [1.807, 2.05) is 30.3 Å². The van der Waals surface area contributed by atoms with Gasteiger partial charge in [0.15, 0.2) is 0 Å². The number of rotatable bonds is 4. The highest BCUT2D eigenvalue weighted by atomic mass is 16.5. The zero-order chi connectivity index (χ0) is 17.2. The van der Waals surface area contributed by atoms with Gasteiger partial charge in [-0.2, -0.15) is 0 Å². The van der Waals surface area contributed by atoms with Crippen molar-refractivity contribution in [3.05, 3.63) is 83.4 Å². The van der Waals surface area contributed by atoms with Crippen LogP contribution in [0.2, 0.25) is 0 Å². The normalized spacial score (nSPS) is 11.6. The van der Waals surface area contributed by atoms with Crippen molar-refractivity contribution in [1.29, 1.82) is 0 Å². The summed E-state index contributed by atoms with van der Waals surface area (Å²) in [5.74, 6) is 0.776. The molecule has 1 N–H and O–H groups in total. The minimum atomic E-state index is -0.0172. The molecule has 1 amide bonds. The van der Waals surface area contributed by atoms with Crippen LogP contribution in [-0.4, -0.2) is 13.0 Å². The number of ether oxygens (including phenoxy) is 1. The van der Waals surface area contributed by atoms with Crippen LogP contribution >= 0.6 is 0 Å². The van der Waals surface area contributed by atoms with Crippen LogP contribution in [0.15, 0.2) is 66.7 Å². The Morgan fingerprint density at radius 2 is 1.72 bits per heavy atom. The van der Waals surface area contributed by atoms with Crippen LogP contribution in [0.4, 0.5) is 5.69 Å². The topological polar surface area (TPSA) is 38.3 Å². The summed E-state index contributed by atoms with van der Waals surface area (Å²) < 4.78 is 5.14. The van der Waals surface area contributed by atoms with Crippen molar-refractivity contribution in [3.8, 4) is 16.9 Å². The largest absolute Gasteiger partial charge is 0.497 e. The molecule has 3 aromatic carbocycles. The van der Waals surface area contributed by atoms with Crippen LogP contribution in [0.3, 0.4) is 0 Å². The number of benzene rings is 3. The third kappa shape index (κ3) is 3.13. The van der Waals surface area contributed by atoms with E-state index < -0.39 is 0 Å². The fourth-order valence-electron chi connectivity index (χ4n) is 3.34. The average molecular weight is 329 g/mol. The number of nitrogens with one attached hydrogen (secondary N) is 1. The Morgan fingerprint density at radius 3 is 2.52 bits per heavy atom. The molecule has 0 unspecified atom stereocenters. The average Bonchev–Trinajstić information content (AvgIpc) is 3.00. The molecule has 0 fully saturated rings. The van der Waals surface area contributed by atoms with Crippen LogP contribution in [0.25, 0.3) is 11.1 Å². The highest BCUT2D eigenvalue weighted by molar-refractivity contribution is 5.93. The van der Waals surface area contributed by atoms with Gasteiger partial charge in [0.25, 0.3) is 0 Å². The lowest BCUT2D eigenvalue weighted by molar-refractivity contribution is -0.115. The van der Waals surface area contributed by atoms with E-state index >= 15 is 0 Å². The molecule has 0 bridgehead atoms. The smallest absolute Gasteiger partial charge is 0.228 e. The second-order valence-electron chi connectivity index (χ2n) is 6.28. The van der Waals surface area contributed by atoms with E-state index in [9.17, 15) is 4.79 Å². The Bertz CT molecular complexity index is 929. The molecule has 0 atom stereocenters. The van der Waals surface area contributed by atoms with E-state index in [0.29, 0.717) is 6.42 Å². The first-order valence-electron chi connectivity index (χ1n) is 8.37. The molecule has 25 heavy (non-hydrogen) atoms. The lowest BCUT2D eigenvalue weighted by Gasteiger charge is -2.08. The highest BCUT2D eigenvalue weighted by Gasteiger charge is 2.18. The summed E-state index contributed by atoms with van der Waals surface area (Å²) in [7, 11) is 1.63. The maximum Gasteiger partial charge on any atom is 0.228 e. The second kappa shape index (κ2) is 6.44. The van der Waals surface area contributed by atoms with Crippen molar-refractivity contribution in [3.63, 3.8) is 0 Å². The van der Waals surface area contributed by atoms with E-state index in [1.165, 1.54) is 22.3 Å². The number of carbonyl (C=O) groups excluding carboxylic acids is 1. The molecule has 3 nitrogen and oxygen atoms in total. The zero-order valence-corrected chi connectivity index (χ0v) is 14.1. The number of fused-ring (bicyclic) bond motifs is 3. The monoisotopic (exact) mass is 329 g/mol. The van der Waals surface area contributed by atoms with Gasteiger partial charge in [0.05, 0.1) is 13.5 Å². The molecule has 0 spiro atoms. The van der Waals surface area contributed by atoms with Crippen LogP contribution in [0.1, 0.15) is 16.7 Å². The molecule has 4 rings (SSSR count). The van der Waals surface area contributed by atoms with Crippen molar-refractivity contribution in [2.75, 3.05) is 12.4 Å². The van der Waals surface area contributed by atoms with E-state index in [0.717, 1.165) is 23.4 Å². The molecule has 124 valence electrons. The summed E-state index contributed by atoms with van der Waals surface area (Å²) in [6.45, 7) is 0. The van der Waals surface area contributed by atoms with E-state index in [4.69, 9.17) is 4.74 Å². The predicted octanol–water partition coefficient (Wildman–Crippen LogP) is 4.45. The third-order valence-corrected chi connectivity index (χ3v) is 4.61. The minimum Gasteiger partial charge on any atom is -0.497 e. The Labute approximate surface area is 147 Å². The van der Waals surface area contributed by atoms with Gasteiger partial charge in [-0.15, -0.1) is 0 Å². The van der Waals surface area contributed by atoms with Gasteiger partial charge >= 0.3 is 0 Å². The van der Waals surface area contributed by atoms with Crippen LogP contribution in [0.5, 0.6) is 5.75 Å². The number of hydrogen-bond donors (Lipinski definition) is 1. The molecule has 0 radical (unpaired) electrons.